The van der Waals surface area contributed by atoms with Crippen LogP contribution in [-0.2, 0) is 0 Å². The van der Waals surface area contributed by atoms with E-state index in [1.54, 1.807) is 0 Å². The van der Waals surface area contributed by atoms with Crippen molar-refractivity contribution < 1.29 is 4.79 Å². The maximum Gasteiger partial charge on any atom is 0.317 e. The normalized spacial score (nSPS) is 18.5. The lowest BCUT2D eigenvalue weighted by atomic mass is 10.2. The molecular weight excluding hydrogens is 216 g/mol. The smallest absolute Gasteiger partial charge is 0.317 e. The molecular formula is C12H22N4O. The molecule has 5 nitrogen and oxygen atoms in total. The fourth-order valence-electron chi connectivity index (χ4n) is 1.88. The van der Waals surface area contributed by atoms with Gasteiger partial charge in [-0.2, -0.15) is 5.26 Å². The Kier molecular flexibility index (Phi) is 5.78. The Balaban J connectivity index is 2.27. The van der Waals surface area contributed by atoms with Gasteiger partial charge in [0.15, 0.2) is 0 Å². The number of hydrogen-bond acceptors (Lipinski definition) is 3. The molecule has 0 aliphatic carbocycles. The van der Waals surface area contributed by atoms with Gasteiger partial charge < -0.3 is 10.2 Å². The molecule has 0 saturated carbocycles. The number of amides is 2. The van der Waals surface area contributed by atoms with E-state index in [0.717, 1.165) is 32.5 Å². The van der Waals surface area contributed by atoms with Crippen molar-refractivity contribution in [1.82, 2.24) is 15.1 Å². The SMILES string of the molecule is CCCCNC(=O)N1CCN(C(C)C#N)CC1. The Labute approximate surface area is 103 Å². The van der Waals surface area contributed by atoms with E-state index < -0.39 is 0 Å². The van der Waals surface area contributed by atoms with Crippen LogP contribution in [0.4, 0.5) is 4.79 Å². The number of nitrogens with zero attached hydrogens (tertiary/aromatic N) is 3. The molecule has 1 unspecified atom stereocenters. The van der Waals surface area contributed by atoms with Crippen LogP contribution in [0.15, 0.2) is 0 Å². The molecule has 1 rings (SSSR count). The summed E-state index contributed by atoms with van der Waals surface area (Å²) in [5.74, 6) is 0. The molecule has 0 aromatic carbocycles. The second-order valence-corrected chi connectivity index (χ2v) is 4.41. The van der Waals surface area contributed by atoms with E-state index in [0.29, 0.717) is 13.1 Å². The van der Waals surface area contributed by atoms with E-state index in [4.69, 9.17) is 5.26 Å². The zero-order chi connectivity index (χ0) is 12.7. The molecule has 5 heteroatoms. The Bertz CT molecular complexity index is 279. The molecule has 0 spiro atoms. The maximum atomic E-state index is 11.8. The van der Waals surface area contributed by atoms with Gasteiger partial charge in [-0.05, 0) is 13.3 Å². The van der Waals surface area contributed by atoms with Crippen molar-refractivity contribution in [2.24, 2.45) is 0 Å². The number of hydrogen-bond donors (Lipinski definition) is 1. The van der Waals surface area contributed by atoms with E-state index in [2.05, 4.69) is 23.2 Å². The summed E-state index contributed by atoms with van der Waals surface area (Å²) in [6.45, 7) is 7.76. The first kappa shape index (κ1) is 13.8. The number of urea groups is 1. The average Bonchev–Trinajstić information content (AvgIpc) is 2.38. The minimum atomic E-state index is -0.0553. The second kappa shape index (κ2) is 7.13. The molecule has 1 fully saturated rings. The zero-order valence-corrected chi connectivity index (χ0v) is 10.8. The first-order chi connectivity index (χ1) is 8.19. The Hall–Kier alpha value is -1.28. The van der Waals surface area contributed by atoms with Gasteiger partial charge in [0.2, 0.25) is 0 Å². The lowest BCUT2D eigenvalue weighted by Gasteiger charge is -2.35. The zero-order valence-electron chi connectivity index (χ0n) is 10.8. The van der Waals surface area contributed by atoms with Crippen molar-refractivity contribution >= 4 is 6.03 Å². The molecule has 96 valence electrons. The van der Waals surface area contributed by atoms with Crippen molar-refractivity contribution in [1.29, 1.82) is 5.26 Å². The molecule has 0 aromatic heterocycles. The van der Waals surface area contributed by atoms with Crippen LogP contribution >= 0.6 is 0 Å². The first-order valence-corrected chi connectivity index (χ1v) is 6.35. The Morgan fingerprint density at radius 1 is 1.41 bits per heavy atom. The fourth-order valence-corrected chi connectivity index (χ4v) is 1.88. The topological polar surface area (TPSA) is 59.4 Å². The molecule has 1 N–H and O–H groups in total. The molecule has 1 heterocycles. The quantitative estimate of drug-likeness (QED) is 0.744. The summed E-state index contributed by atoms with van der Waals surface area (Å²) < 4.78 is 0. The van der Waals surface area contributed by atoms with E-state index in [1.165, 1.54) is 0 Å². The molecule has 1 aliphatic rings. The second-order valence-electron chi connectivity index (χ2n) is 4.41. The molecule has 0 radical (unpaired) electrons. The highest BCUT2D eigenvalue weighted by Crippen LogP contribution is 2.05. The minimum Gasteiger partial charge on any atom is -0.338 e. The predicted octanol–water partition coefficient (Wildman–Crippen LogP) is 1.03. The summed E-state index contributed by atoms with van der Waals surface area (Å²) in [5.41, 5.74) is 0. The molecule has 1 aliphatic heterocycles. The van der Waals surface area contributed by atoms with Gasteiger partial charge in [0, 0.05) is 32.7 Å². The largest absolute Gasteiger partial charge is 0.338 e. The van der Waals surface area contributed by atoms with Crippen LogP contribution < -0.4 is 5.32 Å². The molecule has 0 bridgehead atoms. The third kappa shape index (κ3) is 4.23. The molecule has 1 saturated heterocycles. The van der Waals surface area contributed by atoms with Gasteiger partial charge in [-0.15, -0.1) is 0 Å². The summed E-state index contributed by atoms with van der Waals surface area (Å²) in [5, 5.41) is 11.7. The summed E-state index contributed by atoms with van der Waals surface area (Å²) in [6, 6.07) is 2.20. The lowest BCUT2D eigenvalue weighted by Crippen LogP contribution is -2.53. The number of nitriles is 1. The van der Waals surface area contributed by atoms with E-state index in [9.17, 15) is 4.79 Å². The van der Waals surface area contributed by atoms with Gasteiger partial charge in [-0.3, -0.25) is 4.90 Å². The monoisotopic (exact) mass is 238 g/mol. The van der Waals surface area contributed by atoms with Crippen molar-refractivity contribution in [2.75, 3.05) is 32.7 Å². The summed E-state index contributed by atoms with van der Waals surface area (Å²) >= 11 is 0. The highest BCUT2D eigenvalue weighted by Gasteiger charge is 2.23. The van der Waals surface area contributed by atoms with Crippen LogP contribution in [0, 0.1) is 11.3 Å². The summed E-state index contributed by atoms with van der Waals surface area (Å²) in [6.07, 6.45) is 2.12. The molecule has 1 atom stereocenters. The number of nitrogens with one attached hydrogen (secondary N) is 1. The fraction of sp³-hybridized carbons (Fsp3) is 0.833. The molecule has 17 heavy (non-hydrogen) atoms. The van der Waals surface area contributed by atoms with Crippen LogP contribution in [0.3, 0.4) is 0 Å². The number of rotatable bonds is 4. The lowest BCUT2D eigenvalue weighted by molar-refractivity contribution is 0.129. The number of carbonyl (C=O) groups is 1. The third-order valence-corrected chi connectivity index (χ3v) is 3.14. The minimum absolute atomic E-state index is 0.0303. The van der Waals surface area contributed by atoms with Gasteiger partial charge >= 0.3 is 6.03 Å². The maximum absolute atomic E-state index is 11.8. The molecule has 0 aromatic rings. The van der Waals surface area contributed by atoms with Gasteiger partial charge in [0.25, 0.3) is 0 Å². The van der Waals surface area contributed by atoms with E-state index in [-0.39, 0.29) is 12.1 Å². The number of unbranched alkanes of at least 4 members (excludes halogenated alkanes) is 1. The van der Waals surface area contributed by atoms with Crippen molar-refractivity contribution in [3.8, 4) is 6.07 Å². The van der Waals surface area contributed by atoms with Gasteiger partial charge in [0.05, 0.1) is 12.1 Å². The third-order valence-electron chi connectivity index (χ3n) is 3.14. The molecule has 2 amide bonds. The number of carbonyl (C=O) groups excluding carboxylic acids is 1. The van der Waals surface area contributed by atoms with Crippen molar-refractivity contribution in [3.05, 3.63) is 0 Å². The first-order valence-electron chi connectivity index (χ1n) is 6.35. The van der Waals surface area contributed by atoms with Crippen molar-refractivity contribution in [2.45, 2.75) is 32.7 Å². The van der Waals surface area contributed by atoms with Gasteiger partial charge in [-0.1, -0.05) is 13.3 Å². The standard InChI is InChI=1S/C12H22N4O/c1-3-4-5-14-12(17)16-8-6-15(7-9-16)11(2)10-13/h11H,3-9H2,1-2H3,(H,14,17). The van der Waals surface area contributed by atoms with Gasteiger partial charge in [-0.25, -0.2) is 4.79 Å². The van der Waals surface area contributed by atoms with Crippen LogP contribution in [0.2, 0.25) is 0 Å². The van der Waals surface area contributed by atoms with Crippen LogP contribution in [0.25, 0.3) is 0 Å². The Morgan fingerprint density at radius 2 is 2.06 bits per heavy atom. The van der Waals surface area contributed by atoms with E-state index in [1.807, 2.05) is 11.8 Å². The van der Waals surface area contributed by atoms with Crippen LogP contribution in [-0.4, -0.2) is 54.6 Å². The van der Waals surface area contributed by atoms with Gasteiger partial charge in [0.1, 0.15) is 0 Å². The van der Waals surface area contributed by atoms with Crippen LogP contribution in [0.1, 0.15) is 26.7 Å². The highest BCUT2D eigenvalue weighted by molar-refractivity contribution is 5.74. The predicted molar refractivity (Wildman–Crippen MR) is 66.5 cm³/mol. The summed E-state index contributed by atoms with van der Waals surface area (Å²) in [4.78, 5) is 15.7. The van der Waals surface area contributed by atoms with Crippen molar-refractivity contribution in [3.63, 3.8) is 0 Å². The Morgan fingerprint density at radius 3 is 2.59 bits per heavy atom. The van der Waals surface area contributed by atoms with Crippen LogP contribution in [0.5, 0.6) is 0 Å². The summed E-state index contributed by atoms with van der Waals surface area (Å²) in [7, 11) is 0. The van der Waals surface area contributed by atoms with E-state index >= 15 is 0 Å². The highest BCUT2D eigenvalue weighted by atomic mass is 16.2. The number of piperazine rings is 1. The average molecular weight is 238 g/mol.